The number of aliphatic carboxylic acids is 1. The fourth-order valence-electron chi connectivity index (χ4n) is 2.32. The topological polar surface area (TPSA) is 52.6 Å². The molecule has 1 aliphatic carbocycles. The summed E-state index contributed by atoms with van der Waals surface area (Å²) in [6.45, 7) is 9.32. The maximum absolute atomic E-state index is 11.4. The molecule has 4 nitrogen and oxygen atoms in total. The predicted octanol–water partition coefficient (Wildman–Crippen LogP) is 2.09. The second kappa shape index (κ2) is 7.10. The van der Waals surface area contributed by atoms with Crippen LogP contribution in [0.5, 0.6) is 0 Å². The molecule has 0 spiro atoms. The predicted molar refractivity (Wildman–Crippen MR) is 73.8 cm³/mol. The molecule has 106 valence electrons. The Balaban J connectivity index is 2.34. The highest BCUT2D eigenvalue weighted by Gasteiger charge is 2.37. The Kier molecular flexibility index (Phi) is 6.09. The average Bonchev–Trinajstić information content (AvgIpc) is 3.11. The smallest absolute Gasteiger partial charge is 0.323 e. The highest BCUT2D eigenvalue weighted by molar-refractivity contribution is 5.78. The van der Waals surface area contributed by atoms with Crippen molar-refractivity contribution in [2.75, 3.05) is 19.6 Å². The lowest BCUT2D eigenvalue weighted by molar-refractivity contribution is -0.144. The zero-order valence-electron chi connectivity index (χ0n) is 12.0. The van der Waals surface area contributed by atoms with Crippen molar-refractivity contribution in [1.29, 1.82) is 0 Å². The summed E-state index contributed by atoms with van der Waals surface area (Å²) in [5, 5.41) is 12.6. The third-order valence-corrected chi connectivity index (χ3v) is 3.71. The van der Waals surface area contributed by atoms with Gasteiger partial charge in [0.1, 0.15) is 5.54 Å². The molecule has 18 heavy (non-hydrogen) atoms. The maximum Gasteiger partial charge on any atom is 0.323 e. The van der Waals surface area contributed by atoms with E-state index in [-0.39, 0.29) is 0 Å². The lowest BCUT2D eigenvalue weighted by Gasteiger charge is -2.28. The molecule has 0 saturated heterocycles. The molecular formula is C14H28N2O2. The highest BCUT2D eigenvalue weighted by atomic mass is 16.4. The Morgan fingerprint density at radius 3 is 2.50 bits per heavy atom. The fourth-order valence-corrected chi connectivity index (χ4v) is 2.32. The van der Waals surface area contributed by atoms with Crippen molar-refractivity contribution < 1.29 is 9.90 Å². The SMILES string of the molecule is CCCN(CC)CCCC(C)(NC1CC1)C(=O)O. The molecule has 1 fully saturated rings. The van der Waals surface area contributed by atoms with Gasteiger partial charge in [0.05, 0.1) is 0 Å². The molecule has 1 saturated carbocycles. The number of rotatable bonds is 10. The molecule has 0 aromatic carbocycles. The van der Waals surface area contributed by atoms with Crippen LogP contribution in [-0.2, 0) is 4.79 Å². The number of nitrogens with zero attached hydrogens (tertiary/aromatic N) is 1. The summed E-state index contributed by atoms with van der Waals surface area (Å²) in [4.78, 5) is 13.8. The summed E-state index contributed by atoms with van der Waals surface area (Å²) in [5.41, 5.74) is -0.743. The van der Waals surface area contributed by atoms with E-state index in [9.17, 15) is 9.90 Å². The fraction of sp³-hybridized carbons (Fsp3) is 0.929. The Bertz CT molecular complexity index is 267. The second-order valence-corrected chi connectivity index (χ2v) is 5.59. The van der Waals surface area contributed by atoms with E-state index in [0.717, 1.165) is 45.3 Å². The van der Waals surface area contributed by atoms with E-state index in [0.29, 0.717) is 12.5 Å². The first kappa shape index (κ1) is 15.4. The molecule has 1 rings (SSSR count). The third-order valence-electron chi connectivity index (χ3n) is 3.71. The molecule has 0 aliphatic heterocycles. The van der Waals surface area contributed by atoms with Crippen LogP contribution in [0.4, 0.5) is 0 Å². The average molecular weight is 256 g/mol. The van der Waals surface area contributed by atoms with Crippen LogP contribution in [0, 0.1) is 0 Å². The summed E-state index contributed by atoms with van der Waals surface area (Å²) in [7, 11) is 0. The number of carboxylic acids is 1. The van der Waals surface area contributed by atoms with E-state index in [2.05, 4.69) is 24.1 Å². The second-order valence-electron chi connectivity index (χ2n) is 5.59. The van der Waals surface area contributed by atoms with Crippen molar-refractivity contribution >= 4 is 5.97 Å². The zero-order valence-corrected chi connectivity index (χ0v) is 12.0. The molecule has 0 amide bonds. The number of hydrogen-bond acceptors (Lipinski definition) is 3. The van der Waals surface area contributed by atoms with Crippen LogP contribution in [0.3, 0.4) is 0 Å². The van der Waals surface area contributed by atoms with Crippen LogP contribution >= 0.6 is 0 Å². The van der Waals surface area contributed by atoms with Crippen molar-refractivity contribution in [3.05, 3.63) is 0 Å². The van der Waals surface area contributed by atoms with Crippen LogP contribution in [0.2, 0.25) is 0 Å². The molecule has 1 unspecified atom stereocenters. The summed E-state index contributed by atoms with van der Waals surface area (Å²) in [5.74, 6) is -0.715. The van der Waals surface area contributed by atoms with Gasteiger partial charge in [-0.25, -0.2) is 0 Å². The molecule has 0 aromatic rings. The van der Waals surface area contributed by atoms with Crippen molar-refractivity contribution in [2.45, 2.75) is 64.5 Å². The van der Waals surface area contributed by atoms with E-state index in [1.807, 2.05) is 6.92 Å². The summed E-state index contributed by atoms with van der Waals surface area (Å²) >= 11 is 0. The van der Waals surface area contributed by atoms with Crippen molar-refractivity contribution in [2.24, 2.45) is 0 Å². The van der Waals surface area contributed by atoms with Gasteiger partial charge < -0.3 is 10.0 Å². The summed E-state index contributed by atoms with van der Waals surface area (Å²) in [6, 6.07) is 0.434. The van der Waals surface area contributed by atoms with Crippen LogP contribution in [0.15, 0.2) is 0 Å². The first-order valence-electron chi connectivity index (χ1n) is 7.25. The van der Waals surface area contributed by atoms with Crippen LogP contribution in [0.1, 0.15) is 52.9 Å². The highest BCUT2D eigenvalue weighted by Crippen LogP contribution is 2.25. The third kappa shape index (κ3) is 4.94. The molecule has 0 heterocycles. The van der Waals surface area contributed by atoms with E-state index < -0.39 is 11.5 Å². The molecule has 2 N–H and O–H groups in total. The van der Waals surface area contributed by atoms with Gasteiger partial charge in [0.15, 0.2) is 0 Å². The molecule has 4 heteroatoms. The number of carbonyl (C=O) groups is 1. The van der Waals surface area contributed by atoms with Gasteiger partial charge in [-0.1, -0.05) is 13.8 Å². The number of nitrogens with one attached hydrogen (secondary N) is 1. The van der Waals surface area contributed by atoms with E-state index >= 15 is 0 Å². The van der Waals surface area contributed by atoms with Crippen LogP contribution in [-0.4, -0.2) is 47.2 Å². The van der Waals surface area contributed by atoms with Gasteiger partial charge in [0.25, 0.3) is 0 Å². The van der Waals surface area contributed by atoms with Gasteiger partial charge in [-0.3, -0.25) is 10.1 Å². The van der Waals surface area contributed by atoms with E-state index in [4.69, 9.17) is 0 Å². The van der Waals surface area contributed by atoms with Gasteiger partial charge >= 0.3 is 5.97 Å². The van der Waals surface area contributed by atoms with E-state index in [1.165, 1.54) is 0 Å². The monoisotopic (exact) mass is 256 g/mol. The molecular weight excluding hydrogens is 228 g/mol. The molecule has 0 bridgehead atoms. The Labute approximate surface area is 111 Å². The maximum atomic E-state index is 11.4. The van der Waals surface area contributed by atoms with Gasteiger partial charge in [-0.15, -0.1) is 0 Å². The van der Waals surface area contributed by atoms with Crippen molar-refractivity contribution in [3.8, 4) is 0 Å². The van der Waals surface area contributed by atoms with E-state index in [1.54, 1.807) is 0 Å². The first-order valence-corrected chi connectivity index (χ1v) is 7.25. The first-order chi connectivity index (χ1) is 8.51. The van der Waals surface area contributed by atoms with Gasteiger partial charge in [0, 0.05) is 6.04 Å². The summed E-state index contributed by atoms with van der Waals surface area (Å²) < 4.78 is 0. The normalized spacial score (nSPS) is 18.9. The quantitative estimate of drug-likeness (QED) is 0.628. The molecule has 1 atom stereocenters. The Morgan fingerprint density at radius 2 is 2.06 bits per heavy atom. The summed E-state index contributed by atoms with van der Waals surface area (Å²) in [6.07, 6.45) is 5.05. The standard InChI is InChI=1S/C14H28N2O2/c1-4-10-16(5-2)11-6-9-14(3,13(17)18)15-12-7-8-12/h12,15H,4-11H2,1-3H3,(H,17,18). The van der Waals surface area contributed by atoms with Gasteiger partial charge in [-0.05, 0) is 58.7 Å². The van der Waals surface area contributed by atoms with Gasteiger partial charge in [0.2, 0.25) is 0 Å². The van der Waals surface area contributed by atoms with Crippen molar-refractivity contribution in [3.63, 3.8) is 0 Å². The van der Waals surface area contributed by atoms with Crippen LogP contribution in [0.25, 0.3) is 0 Å². The Morgan fingerprint density at radius 1 is 1.39 bits per heavy atom. The van der Waals surface area contributed by atoms with Crippen LogP contribution < -0.4 is 5.32 Å². The minimum atomic E-state index is -0.743. The number of carboxylic acid groups (broad SMARTS) is 1. The van der Waals surface area contributed by atoms with Gasteiger partial charge in [-0.2, -0.15) is 0 Å². The minimum Gasteiger partial charge on any atom is -0.480 e. The molecule has 0 aromatic heterocycles. The molecule has 0 radical (unpaired) electrons. The number of hydrogen-bond donors (Lipinski definition) is 2. The zero-order chi connectivity index (χ0) is 13.6. The lowest BCUT2D eigenvalue weighted by atomic mass is 9.95. The Hall–Kier alpha value is -0.610. The van der Waals surface area contributed by atoms with Crippen molar-refractivity contribution in [1.82, 2.24) is 10.2 Å². The largest absolute Gasteiger partial charge is 0.480 e. The minimum absolute atomic E-state index is 0.434. The molecule has 1 aliphatic rings. The lowest BCUT2D eigenvalue weighted by Crippen LogP contribution is -2.50.